The molecule has 0 saturated carbocycles. The van der Waals surface area contributed by atoms with E-state index in [1.807, 2.05) is 28.3 Å². The van der Waals surface area contributed by atoms with Gasteiger partial charge in [0.1, 0.15) is 5.69 Å². The number of hydrogen-bond acceptors (Lipinski definition) is 3. The third-order valence-corrected chi connectivity index (χ3v) is 3.23. The number of rotatable bonds is 3. The van der Waals surface area contributed by atoms with Crippen molar-refractivity contribution in [3.8, 4) is 16.6 Å². The third kappa shape index (κ3) is 2.00. The van der Waals surface area contributed by atoms with Gasteiger partial charge >= 0.3 is 0 Å². The first kappa shape index (κ1) is 10.9. The fourth-order valence-electron chi connectivity index (χ4n) is 1.64. The average molecular weight is 231 g/mol. The summed E-state index contributed by atoms with van der Waals surface area (Å²) in [6.45, 7) is 4.15. The Hall–Kier alpha value is -1.60. The van der Waals surface area contributed by atoms with E-state index in [1.165, 1.54) is 0 Å². The Labute approximate surface area is 99.0 Å². The quantitative estimate of drug-likeness (QED) is 0.813. The molecule has 4 heteroatoms. The zero-order valence-corrected chi connectivity index (χ0v) is 10.2. The molecule has 0 bridgehead atoms. The largest absolute Gasteiger partial charge is 0.265 e. The summed E-state index contributed by atoms with van der Waals surface area (Å²) in [5, 5.41) is 15.4. The minimum atomic E-state index is 0.289. The molecule has 3 nitrogen and oxygen atoms in total. The molecule has 0 radical (unpaired) electrons. The number of hydrogen-bond donors (Lipinski definition) is 0. The Morgan fingerprint density at radius 1 is 1.56 bits per heavy atom. The van der Waals surface area contributed by atoms with Crippen LogP contribution in [0.4, 0.5) is 0 Å². The predicted octanol–water partition coefficient (Wildman–Crippen LogP) is 3.26. The molecule has 0 spiro atoms. The standard InChI is InChI=1S/C12H13N3S/c1-9(2)15-10(5-6-13)8-11(14-15)12-4-3-7-16-12/h3-4,7-9H,5H2,1-2H3. The molecule has 0 aromatic carbocycles. The van der Waals surface area contributed by atoms with Crippen molar-refractivity contribution in [2.45, 2.75) is 26.3 Å². The number of thiophene rings is 1. The molecule has 2 aromatic rings. The zero-order valence-electron chi connectivity index (χ0n) is 9.34. The maximum atomic E-state index is 8.78. The lowest BCUT2D eigenvalue weighted by Gasteiger charge is -2.07. The number of nitriles is 1. The molecule has 0 aliphatic carbocycles. The van der Waals surface area contributed by atoms with Gasteiger partial charge in [0, 0.05) is 6.04 Å². The second-order valence-electron chi connectivity index (χ2n) is 3.87. The smallest absolute Gasteiger partial charge is 0.103 e. The van der Waals surface area contributed by atoms with Crippen LogP contribution in [-0.2, 0) is 6.42 Å². The molecular weight excluding hydrogens is 218 g/mol. The average Bonchev–Trinajstić information content (AvgIpc) is 2.83. The van der Waals surface area contributed by atoms with E-state index in [4.69, 9.17) is 5.26 Å². The van der Waals surface area contributed by atoms with Gasteiger partial charge in [-0.25, -0.2) is 0 Å². The predicted molar refractivity (Wildman–Crippen MR) is 65.2 cm³/mol. The van der Waals surface area contributed by atoms with E-state index in [2.05, 4.69) is 25.0 Å². The Balaban J connectivity index is 2.43. The van der Waals surface area contributed by atoms with Crippen LogP contribution in [0.25, 0.3) is 10.6 Å². The topological polar surface area (TPSA) is 41.6 Å². The Morgan fingerprint density at radius 2 is 2.38 bits per heavy atom. The van der Waals surface area contributed by atoms with E-state index >= 15 is 0 Å². The highest BCUT2D eigenvalue weighted by Gasteiger charge is 2.11. The molecule has 82 valence electrons. The van der Waals surface area contributed by atoms with E-state index in [0.717, 1.165) is 16.3 Å². The summed E-state index contributed by atoms with van der Waals surface area (Å²) in [6.07, 6.45) is 0.413. The lowest BCUT2D eigenvalue weighted by molar-refractivity contribution is 0.516. The van der Waals surface area contributed by atoms with Crippen LogP contribution in [-0.4, -0.2) is 9.78 Å². The van der Waals surface area contributed by atoms with Gasteiger partial charge in [0.2, 0.25) is 0 Å². The highest BCUT2D eigenvalue weighted by Crippen LogP contribution is 2.25. The molecular formula is C12H13N3S. The molecule has 2 heterocycles. The van der Waals surface area contributed by atoms with Gasteiger partial charge in [-0.3, -0.25) is 4.68 Å². The molecule has 0 aliphatic heterocycles. The molecule has 2 aromatic heterocycles. The monoisotopic (exact) mass is 231 g/mol. The highest BCUT2D eigenvalue weighted by molar-refractivity contribution is 7.13. The summed E-state index contributed by atoms with van der Waals surface area (Å²) in [7, 11) is 0. The molecule has 0 atom stereocenters. The summed E-state index contributed by atoms with van der Waals surface area (Å²) < 4.78 is 1.93. The first-order chi connectivity index (χ1) is 7.72. The SMILES string of the molecule is CC(C)n1nc(-c2cccs2)cc1CC#N. The van der Waals surface area contributed by atoms with Crippen molar-refractivity contribution < 1.29 is 0 Å². The molecule has 0 unspecified atom stereocenters. The lowest BCUT2D eigenvalue weighted by Crippen LogP contribution is -2.06. The molecule has 0 fully saturated rings. The molecule has 16 heavy (non-hydrogen) atoms. The molecule has 2 rings (SSSR count). The fraction of sp³-hybridized carbons (Fsp3) is 0.333. The Bertz CT molecular complexity index is 503. The Kier molecular flexibility index (Phi) is 3.07. The van der Waals surface area contributed by atoms with Gasteiger partial charge in [0.25, 0.3) is 0 Å². The van der Waals surface area contributed by atoms with Gasteiger partial charge in [0.15, 0.2) is 0 Å². The summed E-state index contributed by atoms with van der Waals surface area (Å²) in [6, 6.07) is 8.54. The van der Waals surface area contributed by atoms with Crippen molar-refractivity contribution in [3.05, 3.63) is 29.3 Å². The van der Waals surface area contributed by atoms with Gasteiger partial charge in [-0.1, -0.05) is 6.07 Å². The Morgan fingerprint density at radius 3 is 2.94 bits per heavy atom. The minimum Gasteiger partial charge on any atom is -0.265 e. The van der Waals surface area contributed by atoms with Crippen LogP contribution in [0.2, 0.25) is 0 Å². The van der Waals surface area contributed by atoms with E-state index < -0.39 is 0 Å². The van der Waals surface area contributed by atoms with Crippen molar-refractivity contribution in [1.29, 1.82) is 5.26 Å². The summed E-state index contributed by atoms with van der Waals surface area (Å²) in [5.74, 6) is 0. The minimum absolute atomic E-state index is 0.289. The summed E-state index contributed by atoms with van der Waals surface area (Å²) >= 11 is 1.67. The van der Waals surface area contributed by atoms with Gasteiger partial charge in [-0.15, -0.1) is 11.3 Å². The lowest BCUT2D eigenvalue weighted by atomic mass is 10.2. The second kappa shape index (κ2) is 4.50. The second-order valence-corrected chi connectivity index (χ2v) is 4.82. The van der Waals surface area contributed by atoms with Crippen LogP contribution in [0.15, 0.2) is 23.6 Å². The first-order valence-electron chi connectivity index (χ1n) is 5.21. The number of nitrogens with zero attached hydrogens (tertiary/aromatic N) is 3. The van der Waals surface area contributed by atoms with Crippen LogP contribution in [0.3, 0.4) is 0 Å². The van der Waals surface area contributed by atoms with E-state index in [9.17, 15) is 0 Å². The summed E-state index contributed by atoms with van der Waals surface area (Å²) in [4.78, 5) is 1.15. The van der Waals surface area contributed by atoms with E-state index in [-0.39, 0.29) is 6.04 Å². The van der Waals surface area contributed by atoms with Gasteiger partial charge in [-0.2, -0.15) is 10.4 Å². The van der Waals surface area contributed by atoms with Crippen LogP contribution in [0, 0.1) is 11.3 Å². The zero-order chi connectivity index (χ0) is 11.5. The molecule has 0 amide bonds. The van der Waals surface area contributed by atoms with Crippen LogP contribution in [0.1, 0.15) is 25.6 Å². The molecule has 0 aliphatic rings. The fourth-order valence-corrected chi connectivity index (χ4v) is 2.32. The summed E-state index contributed by atoms with van der Waals surface area (Å²) in [5.41, 5.74) is 1.95. The van der Waals surface area contributed by atoms with Gasteiger partial charge in [0.05, 0.1) is 23.1 Å². The normalized spacial score (nSPS) is 10.6. The van der Waals surface area contributed by atoms with Crippen LogP contribution in [0.5, 0.6) is 0 Å². The highest BCUT2D eigenvalue weighted by atomic mass is 32.1. The van der Waals surface area contributed by atoms with Gasteiger partial charge < -0.3 is 0 Å². The maximum Gasteiger partial charge on any atom is 0.103 e. The third-order valence-electron chi connectivity index (χ3n) is 2.34. The first-order valence-corrected chi connectivity index (χ1v) is 6.09. The van der Waals surface area contributed by atoms with Gasteiger partial charge in [-0.05, 0) is 31.4 Å². The van der Waals surface area contributed by atoms with Crippen LogP contribution < -0.4 is 0 Å². The number of aromatic nitrogens is 2. The maximum absolute atomic E-state index is 8.78. The van der Waals surface area contributed by atoms with Crippen LogP contribution >= 0.6 is 11.3 Å². The van der Waals surface area contributed by atoms with Crippen molar-refractivity contribution in [3.63, 3.8) is 0 Å². The van der Waals surface area contributed by atoms with E-state index in [1.54, 1.807) is 11.3 Å². The van der Waals surface area contributed by atoms with E-state index in [0.29, 0.717) is 6.42 Å². The molecule has 0 N–H and O–H groups in total. The van der Waals surface area contributed by atoms with Crippen molar-refractivity contribution in [2.24, 2.45) is 0 Å². The van der Waals surface area contributed by atoms with Crippen molar-refractivity contribution in [1.82, 2.24) is 9.78 Å². The molecule has 0 saturated heterocycles. The van der Waals surface area contributed by atoms with Crippen molar-refractivity contribution in [2.75, 3.05) is 0 Å². The van der Waals surface area contributed by atoms with Crippen molar-refractivity contribution >= 4 is 11.3 Å².